The molecule has 0 radical (unpaired) electrons. The fourth-order valence-corrected chi connectivity index (χ4v) is 3.67. The van der Waals surface area contributed by atoms with Crippen LogP contribution in [0.1, 0.15) is 36.8 Å². The molecule has 2 aromatic rings. The van der Waals surface area contributed by atoms with E-state index in [1.807, 2.05) is 4.90 Å². The van der Waals surface area contributed by atoms with Crippen molar-refractivity contribution in [1.82, 2.24) is 4.90 Å². The molecule has 1 aliphatic carbocycles. The molecule has 1 saturated carbocycles. The zero-order valence-electron chi connectivity index (χ0n) is 17.0. The van der Waals surface area contributed by atoms with Crippen molar-refractivity contribution in [3.8, 4) is 0 Å². The van der Waals surface area contributed by atoms with Gasteiger partial charge in [-0.1, -0.05) is 24.3 Å². The normalized spacial score (nSPS) is 19.1. The van der Waals surface area contributed by atoms with Crippen LogP contribution in [-0.4, -0.2) is 38.0 Å². The second-order valence-corrected chi connectivity index (χ2v) is 7.61. The molecule has 1 fully saturated rings. The van der Waals surface area contributed by atoms with Gasteiger partial charge < -0.3 is 15.7 Å². The van der Waals surface area contributed by atoms with E-state index in [4.69, 9.17) is 5.73 Å². The topological polar surface area (TPSA) is 148 Å². The van der Waals surface area contributed by atoms with E-state index >= 15 is 0 Å². The Morgan fingerprint density at radius 1 is 0.935 bits per heavy atom. The summed E-state index contributed by atoms with van der Waals surface area (Å²) in [4.78, 5) is 27.2. The van der Waals surface area contributed by atoms with E-state index in [9.17, 15) is 25.3 Å². The zero-order valence-corrected chi connectivity index (χ0v) is 17.0. The Kier molecular flexibility index (Phi) is 7.14. The highest BCUT2D eigenvalue weighted by Gasteiger charge is 2.26. The fourth-order valence-electron chi connectivity index (χ4n) is 3.67. The largest absolute Gasteiger partial charge is 0.393 e. The fraction of sp³-hybridized carbons (Fsp3) is 0.381. The van der Waals surface area contributed by atoms with Crippen LogP contribution in [0.4, 0.5) is 11.4 Å². The number of nitro benzene ring substituents is 2. The van der Waals surface area contributed by atoms with Crippen LogP contribution in [0.2, 0.25) is 0 Å². The summed E-state index contributed by atoms with van der Waals surface area (Å²) in [6.07, 6.45) is 2.58. The average Bonchev–Trinajstić information content (AvgIpc) is 2.77. The predicted octanol–water partition coefficient (Wildman–Crippen LogP) is 3.12. The van der Waals surface area contributed by atoms with Gasteiger partial charge in [0.2, 0.25) is 0 Å². The third-order valence-corrected chi connectivity index (χ3v) is 5.47. The van der Waals surface area contributed by atoms with Gasteiger partial charge in [-0.05, 0) is 36.8 Å². The summed E-state index contributed by atoms with van der Waals surface area (Å²) in [5.41, 5.74) is 8.03. The Hall–Kier alpha value is -3.53. The minimum Gasteiger partial charge on any atom is -0.393 e. The lowest BCUT2D eigenvalue weighted by molar-refractivity contribution is -0.385. The van der Waals surface area contributed by atoms with Crippen molar-refractivity contribution in [2.75, 3.05) is 0 Å². The van der Waals surface area contributed by atoms with Crippen LogP contribution in [0.3, 0.4) is 0 Å². The molecule has 164 valence electrons. The molecule has 0 atom stereocenters. The maximum Gasteiger partial charge on any atom is 0.269 e. The highest BCUT2D eigenvalue weighted by molar-refractivity contribution is 5.78. The SMILES string of the molecule is NC(=NCc1ccc([N+](=O)[O-])cc1)N(Cc1ccc([N+](=O)[O-])cc1)C1CCC(O)CC1. The zero-order chi connectivity index (χ0) is 22.4. The van der Waals surface area contributed by atoms with E-state index in [-0.39, 0.29) is 30.1 Å². The molecule has 3 rings (SSSR count). The molecule has 2 aromatic carbocycles. The molecule has 0 spiro atoms. The first-order valence-corrected chi connectivity index (χ1v) is 10.0. The number of benzene rings is 2. The predicted molar refractivity (Wildman–Crippen MR) is 115 cm³/mol. The molecule has 10 heteroatoms. The minimum atomic E-state index is -0.454. The van der Waals surface area contributed by atoms with Crippen molar-refractivity contribution in [1.29, 1.82) is 0 Å². The Bertz CT molecular complexity index is 938. The van der Waals surface area contributed by atoms with Crippen LogP contribution in [0.15, 0.2) is 53.5 Å². The summed E-state index contributed by atoms with van der Waals surface area (Å²) in [5, 5.41) is 31.5. The number of aliphatic hydroxyl groups excluding tert-OH is 1. The third-order valence-electron chi connectivity index (χ3n) is 5.47. The smallest absolute Gasteiger partial charge is 0.269 e. The van der Waals surface area contributed by atoms with Gasteiger partial charge in [0.25, 0.3) is 11.4 Å². The molecule has 0 aliphatic heterocycles. The van der Waals surface area contributed by atoms with Gasteiger partial charge in [-0.25, -0.2) is 4.99 Å². The van der Waals surface area contributed by atoms with Crippen LogP contribution in [0.5, 0.6) is 0 Å². The highest BCUT2D eigenvalue weighted by atomic mass is 16.6. The van der Waals surface area contributed by atoms with Gasteiger partial charge in [0.15, 0.2) is 5.96 Å². The molecule has 3 N–H and O–H groups in total. The van der Waals surface area contributed by atoms with Crippen LogP contribution < -0.4 is 5.73 Å². The first-order valence-electron chi connectivity index (χ1n) is 10.0. The lowest BCUT2D eigenvalue weighted by atomic mass is 9.92. The average molecular weight is 427 g/mol. The number of aliphatic imine (C=N–C) groups is 1. The lowest BCUT2D eigenvalue weighted by Gasteiger charge is -2.36. The molecule has 1 aliphatic rings. The van der Waals surface area contributed by atoms with E-state index in [0.29, 0.717) is 25.3 Å². The van der Waals surface area contributed by atoms with Crippen LogP contribution in [0, 0.1) is 20.2 Å². The summed E-state index contributed by atoms with van der Waals surface area (Å²) < 4.78 is 0. The van der Waals surface area contributed by atoms with E-state index < -0.39 is 9.85 Å². The van der Waals surface area contributed by atoms with E-state index in [2.05, 4.69) is 4.99 Å². The number of rotatable bonds is 7. The number of aliphatic hydroxyl groups is 1. The van der Waals surface area contributed by atoms with Gasteiger partial charge in [-0.3, -0.25) is 20.2 Å². The number of hydrogen-bond donors (Lipinski definition) is 2. The molecule has 0 saturated heterocycles. The molecule has 0 bridgehead atoms. The van der Waals surface area contributed by atoms with Crippen LogP contribution in [0.25, 0.3) is 0 Å². The summed E-state index contributed by atoms with van der Waals surface area (Å²) in [6, 6.07) is 12.6. The minimum absolute atomic E-state index is 0.0151. The van der Waals surface area contributed by atoms with Crippen molar-refractivity contribution in [3.63, 3.8) is 0 Å². The third kappa shape index (κ3) is 5.98. The van der Waals surface area contributed by atoms with Gasteiger partial charge in [-0.2, -0.15) is 0 Å². The van der Waals surface area contributed by atoms with Gasteiger partial charge >= 0.3 is 0 Å². The number of non-ortho nitro benzene ring substituents is 2. The quantitative estimate of drug-likeness (QED) is 0.298. The van der Waals surface area contributed by atoms with Gasteiger partial charge in [0.05, 0.1) is 22.5 Å². The summed E-state index contributed by atoms with van der Waals surface area (Å²) >= 11 is 0. The van der Waals surface area contributed by atoms with Gasteiger partial charge in [0.1, 0.15) is 0 Å². The number of nitro groups is 2. The Labute approximate surface area is 179 Å². The Morgan fingerprint density at radius 3 is 1.90 bits per heavy atom. The maximum absolute atomic E-state index is 10.9. The number of nitrogens with two attached hydrogens (primary N) is 1. The van der Waals surface area contributed by atoms with Gasteiger partial charge in [0, 0.05) is 36.9 Å². The van der Waals surface area contributed by atoms with Crippen molar-refractivity contribution in [2.45, 2.75) is 50.9 Å². The molecule has 0 unspecified atom stereocenters. The van der Waals surface area contributed by atoms with E-state index in [1.165, 1.54) is 24.3 Å². The van der Waals surface area contributed by atoms with Crippen molar-refractivity contribution >= 4 is 17.3 Å². The molecule has 0 aromatic heterocycles. The second-order valence-electron chi connectivity index (χ2n) is 7.61. The molecule has 10 nitrogen and oxygen atoms in total. The molecular formula is C21H25N5O5. The highest BCUT2D eigenvalue weighted by Crippen LogP contribution is 2.25. The first-order chi connectivity index (χ1) is 14.8. The lowest BCUT2D eigenvalue weighted by Crippen LogP contribution is -2.46. The van der Waals surface area contributed by atoms with Crippen molar-refractivity contribution in [2.24, 2.45) is 10.7 Å². The molecule has 31 heavy (non-hydrogen) atoms. The van der Waals surface area contributed by atoms with Crippen molar-refractivity contribution < 1.29 is 15.0 Å². The number of hydrogen-bond acceptors (Lipinski definition) is 6. The first kappa shape index (κ1) is 22.2. The van der Waals surface area contributed by atoms with Crippen LogP contribution >= 0.6 is 0 Å². The molecule has 0 amide bonds. The molecule has 0 heterocycles. The number of guanidine groups is 1. The number of nitrogens with zero attached hydrogens (tertiary/aromatic N) is 4. The molecular weight excluding hydrogens is 402 g/mol. The van der Waals surface area contributed by atoms with Crippen LogP contribution in [-0.2, 0) is 13.1 Å². The van der Waals surface area contributed by atoms with Crippen molar-refractivity contribution in [3.05, 3.63) is 79.9 Å². The Balaban J connectivity index is 1.76. The van der Waals surface area contributed by atoms with E-state index in [0.717, 1.165) is 24.0 Å². The Morgan fingerprint density at radius 2 is 1.42 bits per heavy atom. The summed E-state index contributed by atoms with van der Waals surface area (Å²) in [7, 11) is 0. The monoisotopic (exact) mass is 427 g/mol. The van der Waals surface area contributed by atoms with Gasteiger partial charge in [-0.15, -0.1) is 0 Å². The maximum atomic E-state index is 10.9. The second kappa shape index (κ2) is 9.98. The summed E-state index contributed by atoms with van der Waals surface area (Å²) in [5.74, 6) is 0.332. The standard InChI is InChI=1S/C21H25N5O5/c22-21(23-13-15-1-5-18(6-2-15)25(28)29)24(17-9-11-20(27)12-10-17)14-16-3-7-19(8-4-16)26(30)31/h1-8,17,20,27H,9-14H2,(H2,22,23). The summed E-state index contributed by atoms with van der Waals surface area (Å²) in [6.45, 7) is 0.713. The van der Waals surface area contributed by atoms with E-state index in [1.54, 1.807) is 24.3 Å².